The maximum atomic E-state index is 12.7. The van der Waals surface area contributed by atoms with E-state index >= 15 is 0 Å². The minimum Gasteiger partial charge on any atom is -0.497 e. The molecule has 1 aromatic heterocycles. The number of aryl methyl sites for hydroxylation is 1. The number of thioether (sulfide) groups is 1. The first kappa shape index (κ1) is 22.7. The van der Waals surface area contributed by atoms with Crippen LogP contribution in [-0.2, 0) is 14.3 Å². The van der Waals surface area contributed by atoms with Crippen molar-refractivity contribution in [2.75, 3.05) is 20.3 Å². The van der Waals surface area contributed by atoms with E-state index in [0.717, 1.165) is 57.9 Å². The minimum atomic E-state index is -0.574. The van der Waals surface area contributed by atoms with E-state index in [1.807, 2.05) is 51.1 Å². The van der Waals surface area contributed by atoms with Crippen molar-refractivity contribution in [3.8, 4) is 11.4 Å². The zero-order valence-corrected chi connectivity index (χ0v) is 19.0. The van der Waals surface area contributed by atoms with E-state index in [4.69, 9.17) is 9.47 Å². The summed E-state index contributed by atoms with van der Waals surface area (Å²) in [5, 5.41) is -0.465. The van der Waals surface area contributed by atoms with Crippen LogP contribution in [0.3, 0.4) is 0 Å². The number of carbonyl (C=O) groups excluding carboxylic acids is 3. The molecule has 2 aromatic rings. The van der Waals surface area contributed by atoms with Crippen LogP contribution in [-0.4, -0.2) is 46.8 Å². The molecule has 2 heterocycles. The molecule has 0 unspecified atom stereocenters. The summed E-state index contributed by atoms with van der Waals surface area (Å²) in [7, 11) is 1.62. The topological polar surface area (TPSA) is 77.8 Å². The Balaban J connectivity index is 1.79. The molecule has 0 spiro atoms. The van der Waals surface area contributed by atoms with E-state index in [2.05, 4.69) is 4.57 Å². The molecule has 0 bridgehead atoms. The summed E-state index contributed by atoms with van der Waals surface area (Å²) in [5.41, 5.74) is 3.74. The van der Waals surface area contributed by atoms with Gasteiger partial charge in [-0.2, -0.15) is 0 Å². The first-order chi connectivity index (χ1) is 14.8. The Labute approximate surface area is 186 Å². The predicted octanol–water partition coefficient (Wildman–Crippen LogP) is 4.48. The van der Waals surface area contributed by atoms with Gasteiger partial charge in [-0.05, 0) is 74.0 Å². The molecule has 164 valence electrons. The largest absolute Gasteiger partial charge is 0.497 e. The summed E-state index contributed by atoms with van der Waals surface area (Å²) in [6, 6.07) is 9.66. The Morgan fingerprint density at radius 2 is 1.87 bits per heavy atom. The third-order valence-electron chi connectivity index (χ3n) is 5.01. The van der Waals surface area contributed by atoms with Gasteiger partial charge in [0, 0.05) is 17.1 Å². The van der Waals surface area contributed by atoms with Crippen LogP contribution in [0.2, 0.25) is 0 Å². The Morgan fingerprint density at radius 3 is 2.52 bits per heavy atom. The second-order valence-corrected chi connectivity index (χ2v) is 8.19. The molecule has 0 atom stereocenters. The van der Waals surface area contributed by atoms with E-state index in [0.29, 0.717) is 11.5 Å². The summed E-state index contributed by atoms with van der Waals surface area (Å²) >= 11 is 0.837. The molecule has 0 aliphatic carbocycles. The van der Waals surface area contributed by atoms with Gasteiger partial charge in [-0.3, -0.25) is 19.3 Å². The number of unbranched alkanes of at least 4 members (excludes halogenated alkanes) is 1. The Kier molecular flexibility index (Phi) is 7.22. The Bertz CT molecular complexity index is 1020. The lowest BCUT2D eigenvalue weighted by Gasteiger charge is -2.11. The standard InChI is InChI=1S/C23H26N2O5S/c1-5-6-11-30-21(26)14-24-22(27)20(31-23(24)28)13-17-12-15(2)25(16(17)3)18-7-9-19(29-4)10-8-18/h7-10,12-13H,5-6,11,14H2,1-4H3/b20-13-. The van der Waals surface area contributed by atoms with Crippen LogP contribution in [0.25, 0.3) is 11.8 Å². The molecule has 8 heteroatoms. The smallest absolute Gasteiger partial charge is 0.326 e. The van der Waals surface area contributed by atoms with Crippen LogP contribution in [0, 0.1) is 13.8 Å². The number of ether oxygens (including phenoxy) is 2. The molecule has 0 radical (unpaired) electrons. The third-order valence-corrected chi connectivity index (χ3v) is 5.92. The number of methoxy groups -OCH3 is 1. The van der Waals surface area contributed by atoms with Crippen LogP contribution in [0.15, 0.2) is 35.2 Å². The van der Waals surface area contributed by atoms with Gasteiger partial charge >= 0.3 is 5.97 Å². The lowest BCUT2D eigenvalue weighted by molar-refractivity contribution is -0.146. The minimum absolute atomic E-state index is 0.290. The fourth-order valence-electron chi connectivity index (χ4n) is 3.34. The number of rotatable bonds is 8. The van der Waals surface area contributed by atoms with Gasteiger partial charge in [0.2, 0.25) is 0 Å². The van der Waals surface area contributed by atoms with Crippen molar-refractivity contribution in [2.24, 2.45) is 0 Å². The average Bonchev–Trinajstić information content (AvgIpc) is 3.17. The average molecular weight is 443 g/mol. The maximum Gasteiger partial charge on any atom is 0.326 e. The van der Waals surface area contributed by atoms with Gasteiger partial charge < -0.3 is 14.0 Å². The van der Waals surface area contributed by atoms with Crippen LogP contribution < -0.4 is 4.74 Å². The zero-order chi connectivity index (χ0) is 22.5. The Hall–Kier alpha value is -3.00. The van der Waals surface area contributed by atoms with Gasteiger partial charge in [-0.25, -0.2) is 0 Å². The lowest BCUT2D eigenvalue weighted by Crippen LogP contribution is -2.34. The first-order valence-corrected chi connectivity index (χ1v) is 10.9. The van der Waals surface area contributed by atoms with Crippen LogP contribution in [0.1, 0.15) is 36.7 Å². The third kappa shape index (κ3) is 5.02. The van der Waals surface area contributed by atoms with E-state index in [9.17, 15) is 14.4 Å². The zero-order valence-electron chi connectivity index (χ0n) is 18.1. The van der Waals surface area contributed by atoms with E-state index < -0.39 is 17.1 Å². The number of nitrogens with zero attached hydrogens (tertiary/aromatic N) is 2. The van der Waals surface area contributed by atoms with Crippen molar-refractivity contribution in [3.63, 3.8) is 0 Å². The second kappa shape index (κ2) is 9.87. The van der Waals surface area contributed by atoms with Gasteiger partial charge in [0.05, 0.1) is 18.6 Å². The van der Waals surface area contributed by atoms with E-state index in [1.54, 1.807) is 13.2 Å². The summed E-state index contributed by atoms with van der Waals surface area (Å²) in [4.78, 5) is 38.2. The quantitative estimate of drug-likeness (QED) is 0.341. The Morgan fingerprint density at radius 1 is 1.16 bits per heavy atom. The summed E-state index contributed by atoms with van der Waals surface area (Å²) in [6.45, 7) is 5.85. The van der Waals surface area contributed by atoms with Gasteiger partial charge in [0.25, 0.3) is 11.1 Å². The summed E-state index contributed by atoms with van der Waals surface area (Å²) in [6.07, 6.45) is 3.35. The number of hydrogen-bond donors (Lipinski definition) is 0. The monoisotopic (exact) mass is 442 g/mol. The van der Waals surface area contributed by atoms with Gasteiger partial charge in [-0.15, -0.1) is 0 Å². The van der Waals surface area contributed by atoms with Crippen molar-refractivity contribution in [1.29, 1.82) is 0 Å². The van der Waals surface area contributed by atoms with E-state index in [-0.39, 0.29) is 6.54 Å². The van der Waals surface area contributed by atoms with Crippen molar-refractivity contribution < 1.29 is 23.9 Å². The number of amides is 2. The molecule has 2 amide bonds. The highest BCUT2D eigenvalue weighted by molar-refractivity contribution is 8.18. The highest BCUT2D eigenvalue weighted by Crippen LogP contribution is 2.33. The van der Waals surface area contributed by atoms with Crippen molar-refractivity contribution in [1.82, 2.24) is 9.47 Å². The number of hydrogen-bond acceptors (Lipinski definition) is 6. The molecule has 1 aromatic carbocycles. The highest BCUT2D eigenvalue weighted by Gasteiger charge is 2.36. The van der Waals surface area contributed by atoms with Crippen molar-refractivity contribution in [3.05, 3.63) is 52.2 Å². The fraction of sp³-hybridized carbons (Fsp3) is 0.348. The van der Waals surface area contributed by atoms with Crippen LogP contribution in [0.5, 0.6) is 5.75 Å². The molecule has 1 saturated heterocycles. The molecule has 7 nitrogen and oxygen atoms in total. The van der Waals surface area contributed by atoms with Gasteiger partial charge in [-0.1, -0.05) is 13.3 Å². The van der Waals surface area contributed by atoms with Crippen LogP contribution >= 0.6 is 11.8 Å². The number of benzene rings is 1. The number of esters is 1. The summed E-state index contributed by atoms with van der Waals surface area (Å²) in [5.74, 6) is -0.278. The highest BCUT2D eigenvalue weighted by atomic mass is 32.2. The number of carbonyl (C=O) groups is 3. The SMILES string of the molecule is CCCCOC(=O)CN1C(=O)S/C(=C\c2cc(C)n(-c3ccc(OC)cc3)c2C)C1=O. The predicted molar refractivity (Wildman–Crippen MR) is 120 cm³/mol. The molecule has 1 aliphatic rings. The molecule has 1 aliphatic heterocycles. The molecule has 31 heavy (non-hydrogen) atoms. The van der Waals surface area contributed by atoms with Gasteiger partial charge in [0.1, 0.15) is 12.3 Å². The molecular weight excluding hydrogens is 416 g/mol. The summed E-state index contributed by atoms with van der Waals surface area (Å²) < 4.78 is 12.4. The number of imide groups is 1. The molecule has 1 fully saturated rings. The fourth-order valence-corrected chi connectivity index (χ4v) is 4.17. The van der Waals surface area contributed by atoms with Gasteiger partial charge in [0.15, 0.2) is 0 Å². The molecule has 0 saturated carbocycles. The number of aromatic nitrogens is 1. The van der Waals surface area contributed by atoms with Crippen molar-refractivity contribution >= 4 is 35.0 Å². The molecular formula is C23H26N2O5S. The first-order valence-electron chi connectivity index (χ1n) is 10.1. The lowest BCUT2D eigenvalue weighted by atomic mass is 10.2. The van der Waals surface area contributed by atoms with Crippen LogP contribution in [0.4, 0.5) is 4.79 Å². The van der Waals surface area contributed by atoms with E-state index in [1.165, 1.54) is 0 Å². The second-order valence-electron chi connectivity index (χ2n) is 7.20. The maximum absolute atomic E-state index is 12.7. The van der Waals surface area contributed by atoms with Crippen molar-refractivity contribution in [2.45, 2.75) is 33.6 Å². The normalized spacial score (nSPS) is 15.1. The molecule has 0 N–H and O–H groups in total. The molecule has 3 rings (SSSR count).